The first-order chi connectivity index (χ1) is 16.9. The van der Waals surface area contributed by atoms with Gasteiger partial charge in [0.15, 0.2) is 0 Å². The summed E-state index contributed by atoms with van der Waals surface area (Å²) < 4.78 is 18.6. The van der Waals surface area contributed by atoms with E-state index in [0.29, 0.717) is 31.5 Å². The molecule has 0 unspecified atom stereocenters. The Labute approximate surface area is 206 Å². The molecule has 0 spiro atoms. The second-order valence-corrected chi connectivity index (χ2v) is 9.25. The van der Waals surface area contributed by atoms with Gasteiger partial charge in [-0.2, -0.15) is 0 Å². The molecule has 0 aromatic heterocycles. The summed E-state index contributed by atoms with van der Waals surface area (Å²) in [6.45, 7) is 2.95. The van der Waals surface area contributed by atoms with E-state index in [9.17, 15) is 14.3 Å². The maximum atomic E-state index is 13.3. The van der Waals surface area contributed by atoms with E-state index in [2.05, 4.69) is 31.2 Å². The minimum absolute atomic E-state index is 0.0547. The SMILES string of the molecule is COc1ccc(/C(=C\C(=O)N2CCC(O)(c3ccc(F)cc3)CC2)CCc2ccc(C)cc2)cc1. The predicted molar refractivity (Wildman–Crippen MR) is 137 cm³/mol. The van der Waals surface area contributed by atoms with Crippen LogP contribution >= 0.6 is 0 Å². The van der Waals surface area contributed by atoms with Gasteiger partial charge >= 0.3 is 0 Å². The van der Waals surface area contributed by atoms with E-state index in [0.717, 1.165) is 29.7 Å². The highest BCUT2D eigenvalue weighted by Gasteiger charge is 2.35. The van der Waals surface area contributed by atoms with E-state index in [-0.39, 0.29) is 11.7 Å². The number of piperidine rings is 1. The molecule has 1 aliphatic heterocycles. The third-order valence-electron chi connectivity index (χ3n) is 6.85. The molecule has 0 aliphatic carbocycles. The molecule has 1 aliphatic rings. The molecule has 0 radical (unpaired) electrons. The number of carbonyl (C=O) groups is 1. The molecule has 0 bridgehead atoms. The third kappa shape index (κ3) is 6.17. The van der Waals surface area contributed by atoms with Crippen molar-refractivity contribution in [2.45, 2.75) is 38.2 Å². The molecule has 3 aromatic carbocycles. The highest BCUT2D eigenvalue weighted by molar-refractivity contribution is 5.95. The molecule has 1 N–H and O–H groups in total. The fourth-order valence-corrected chi connectivity index (χ4v) is 4.52. The molecule has 35 heavy (non-hydrogen) atoms. The third-order valence-corrected chi connectivity index (χ3v) is 6.85. The van der Waals surface area contributed by atoms with Crippen molar-refractivity contribution >= 4 is 11.5 Å². The Morgan fingerprint density at radius 2 is 1.63 bits per heavy atom. The van der Waals surface area contributed by atoms with Crippen molar-refractivity contribution in [2.75, 3.05) is 20.2 Å². The zero-order valence-corrected chi connectivity index (χ0v) is 20.3. The summed E-state index contributed by atoms with van der Waals surface area (Å²) in [6, 6.07) is 22.2. The second-order valence-electron chi connectivity index (χ2n) is 9.25. The molecule has 4 rings (SSSR count). The van der Waals surface area contributed by atoms with Crippen LogP contribution in [0.4, 0.5) is 4.39 Å². The number of likely N-dealkylation sites (tertiary alicyclic amines) is 1. The van der Waals surface area contributed by atoms with Crippen LogP contribution in [0.1, 0.15) is 41.5 Å². The van der Waals surface area contributed by atoms with Crippen molar-refractivity contribution in [3.8, 4) is 5.75 Å². The fraction of sp³-hybridized carbons (Fsp3) is 0.300. The van der Waals surface area contributed by atoms with Crippen LogP contribution < -0.4 is 4.74 Å². The van der Waals surface area contributed by atoms with Crippen LogP contribution in [-0.2, 0) is 16.8 Å². The molecule has 1 fully saturated rings. The number of nitrogens with zero attached hydrogens (tertiary/aromatic N) is 1. The van der Waals surface area contributed by atoms with E-state index >= 15 is 0 Å². The van der Waals surface area contributed by atoms with Gasteiger partial charge in [0.25, 0.3) is 0 Å². The molecular formula is C30H32FNO3. The van der Waals surface area contributed by atoms with Crippen molar-refractivity contribution in [3.05, 3.63) is 107 Å². The van der Waals surface area contributed by atoms with E-state index in [1.807, 2.05) is 24.3 Å². The number of hydrogen-bond acceptors (Lipinski definition) is 3. The first-order valence-corrected chi connectivity index (χ1v) is 12.0. The Morgan fingerprint density at radius 3 is 2.23 bits per heavy atom. The normalized spacial score (nSPS) is 15.7. The zero-order valence-electron chi connectivity index (χ0n) is 20.3. The number of methoxy groups -OCH3 is 1. The molecule has 0 atom stereocenters. The van der Waals surface area contributed by atoms with Crippen LogP contribution in [-0.4, -0.2) is 36.1 Å². The van der Waals surface area contributed by atoms with Gasteiger partial charge in [-0.15, -0.1) is 0 Å². The van der Waals surface area contributed by atoms with Crippen molar-refractivity contribution in [1.82, 2.24) is 4.90 Å². The number of amides is 1. The number of rotatable bonds is 7. The van der Waals surface area contributed by atoms with Crippen LogP contribution in [0.25, 0.3) is 5.57 Å². The molecular weight excluding hydrogens is 441 g/mol. The maximum Gasteiger partial charge on any atom is 0.246 e. The molecule has 1 heterocycles. The minimum atomic E-state index is -1.04. The molecule has 1 saturated heterocycles. The molecule has 3 aromatic rings. The first kappa shape index (κ1) is 24.7. The average Bonchev–Trinajstić information content (AvgIpc) is 2.88. The number of carbonyl (C=O) groups excluding carboxylic acids is 1. The quantitative estimate of drug-likeness (QED) is 0.450. The monoisotopic (exact) mass is 473 g/mol. The minimum Gasteiger partial charge on any atom is -0.497 e. The summed E-state index contributed by atoms with van der Waals surface area (Å²) in [7, 11) is 1.64. The Morgan fingerprint density at radius 1 is 1.00 bits per heavy atom. The summed E-state index contributed by atoms with van der Waals surface area (Å²) in [4.78, 5) is 15.0. The molecule has 0 saturated carbocycles. The van der Waals surface area contributed by atoms with Crippen LogP contribution in [0, 0.1) is 12.7 Å². The number of aliphatic hydroxyl groups is 1. The first-order valence-electron chi connectivity index (χ1n) is 12.0. The Bertz CT molecular complexity index is 1160. The largest absolute Gasteiger partial charge is 0.497 e. The smallest absolute Gasteiger partial charge is 0.246 e. The van der Waals surface area contributed by atoms with Crippen molar-refractivity contribution in [2.24, 2.45) is 0 Å². The second kappa shape index (κ2) is 10.9. The number of benzene rings is 3. The van der Waals surface area contributed by atoms with Gasteiger partial charge in [-0.25, -0.2) is 4.39 Å². The fourth-order valence-electron chi connectivity index (χ4n) is 4.52. The standard InChI is InChI=1S/C30H32FNO3/c1-22-3-5-23(6-4-22)7-8-25(24-9-15-28(35-2)16-10-24)21-29(33)32-19-17-30(34,18-20-32)26-11-13-27(31)14-12-26/h3-6,9-16,21,34H,7-8,17-20H2,1-2H3/b25-21-. The van der Waals surface area contributed by atoms with Gasteiger partial charge in [0.2, 0.25) is 5.91 Å². The number of halogens is 1. The molecule has 1 amide bonds. The average molecular weight is 474 g/mol. The summed E-state index contributed by atoms with van der Waals surface area (Å²) in [5, 5.41) is 11.1. The lowest BCUT2D eigenvalue weighted by Crippen LogP contribution is -2.44. The van der Waals surface area contributed by atoms with Crippen LogP contribution in [0.15, 0.2) is 78.9 Å². The van der Waals surface area contributed by atoms with E-state index in [1.54, 1.807) is 30.2 Å². The number of hydrogen-bond donors (Lipinski definition) is 1. The lowest BCUT2D eigenvalue weighted by atomic mass is 9.84. The van der Waals surface area contributed by atoms with Crippen LogP contribution in [0.2, 0.25) is 0 Å². The summed E-state index contributed by atoms with van der Waals surface area (Å²) in [5.74, 6) is 0.391. The Hall–Kier alpha value is -3.44. The van der Waals surface area contributed by atoms with Gasteiger partial charge in [0, 0.05) is 19.2 Å². The molecule has 182 valence electrons. The highest BCUT2D eigenvalue weighted by Crippen LogP contribution is 2.33. The van der Waals surface area contributed by atoms with Gasteiger partial charge in [-0.1, -0.05) is 54.1 Å². The number of ether oxygens (including phenoxy) is 1. The van der Waals surface area contributed by atoms with Gasteiger partial charge in [0.1, 0.15) is 11.6 Å². The topological polar surface area (TPSA) is 49.8 Å². The van der Waals surface area contributed by atoms with Crippen molar-refractivity contribution in [1.29, 1.82) is 0 Å². The molecule has 5 heteroatoms. The van der Waals surface area contributed by atoms with Crippen LogP contribution in [0.3, 0.4) is 0 Å². The van der Waals surface area contributed by atoms with E-state index in [1.165, 1.54) is 23.3 Å². The van der Waals surface area contributed by atoms with Crippen LogP contribution in [0.5, 0.6) is 5.75 Å². The van der Waals surface area contributed by atoms with Gasteiger partial charge in [-0.3, -0.25) is 4.79 Å². The number of aryl methyl sites for hydroxylation is 2. The zero-order chi connectivity index (χ0) is 24.8. The lowest BCUT2D eigenvalue weighted by molar-refractivity contribution is -0.130. The number of allylic oxidation sites excluding steroid dienone is 1. The summed E-state index contributed by atoms with van der Waals surface area (Å²) >= 11 is 0. The van der Waals surface area contributed by atoms with E-state index < -0.39 is 5.60 Å². The highest BCUT2D eigenvalue weighted by atomic mass is 19.1. The summed E-state index contributed by atoms with van der Waals surface area (Å²) in [5.41, 5.74) is 4.06. The Balaban J connectivity index is 1.48. The van der Waals surface area contributed by atoms with Gasteiger partial charge < -0.3 is 14.7 Å². The van der Waals surface area contributed by atoms with Gasteiger partial charge in [0.05, 0.1) is 12.7 Å². The Kier molecular flexibility index (Phi) is 7.67. The summed E-state index contributed by atoms with van der Waals surface area (Å²) in [6.07, 6.45) is 4.13. The maximum absolute atomic E-state index is 13.3. The van der Waals surface area contributed by atoms with Crippen molar-refractivity contribution < 1.29 is 19.0 Å². The van der Waals surface area contributed by atoms with Crippen molar-refractivity contribution in [3.63, 3.8) is 0 Å². The lowest BCUT2D eigenvalue weighted by Gasteiger charge is -2.38. The predicted octanol–water partition coefficient (Wildman–Crippen LogP) is 5.67. The van der Waals surface area contributed by atoms with Gasteiger partial charge in [-0.05, 0) is 79.1 Å². The van der Waals surface area contributed by atoms with E-state index in [4.69, 9.17) is 4.74 Å². The molecule has 4 nitrogen and oxygen atoms in total.